The van der Waals surface area contributed by atoms with Gasteiger partial charge in [0.25, 0.3) is 0 Å². The Hall–Kier alpha value is -0.110. The molecule has 2 heteroatoms. The minimum absolute atomic E-state index is 0.462. The predicted octanol–water partition coefficient (Wildman–Crippen LogP) is 2.52. The molecule has 1 aliphatic rings. The molecule has 0 amide bonds. The van der Waals surface area contributed by atoms with Gasteiger partial charge in [0.2, 0.25) is 0 Å². The summed E-state index contributed by atoms with van der Waals surface area (Å²) in [5.41, 5.74) is 1.13. The minimum Gasteiger partial charge on any atom is -0.287 e. The molecule has 0 aromatic carbocycles. The maximum Gasteiger partial charge on any atom is 0.0520 e. The first-order chi connectivity index (χ1) is 4.18. The van der Waals surface area contributed by atoms with Crippen molar-refractivity contribution < 1.29 is 0 Å². The molecule has 0 N–H and O–H groups in total. The van der Waals surface area contributed by atoms with Crippen LogP contribution in [-0.2, 0) is 0 Å². The van der Waals surface area contributed by atoms with Gasteiger partial charge in [0.05, 0.1) is 6.04 Å². The van der Waals surface area contributed by atoms with E-state index in [-0.39, 0.29) is 0 Å². The summed E-state index contributed by atoms with van der Waals surface area (Å²) in [5.74, 6) is 0. The van der Waals surface area contributed by atoms with Crippen LogP contribution in [0, 0.1) is 0 Å². The van der Waals surface area contributed by atoms with Gasteiger partial charge in [0.1, 0.15) is 0 Å². The van der Waals surface area contributed by atoms with Crippen molar-refractivity contribution in [3.05, 3.63) is 10.6 Å². The Morgan fingerprint density at radius 2 is 2.44 bits per heavy atom. The van der Waals surface area contributed by atoms with E-state index in [0.29, 0.717) is 6.04 Å². The molecule has 50 valence electrons. The fourth-order valence-electron chi connectivity index (χ4n) is 0.998. The van der Waals surface area contributed by atoms with Crippen LogP contribution in [-0.4, -0.2) is 11.8 Å². The predicted molar refractivity (Wildman–Crippen MR) is 44.2 cm³/mol. The normalized spacial score (nSPS) is 27.2. The fraction of sp³-hybridized carbons (Fsp3) is 0.571. The van der Waals surface area contributed by atoms with Crippen molar-refractivity contribution in [1.29, 1.82) is 0 Å². The summed E-state index contributed by atoms with van der Waals surface area (Å²) in [6.45, 7) is 4.15. The molecule has 1 rings (SSSR count). The van der Waals surface area contributed by atoms with E-state index in [9.17, 15) is 0 Å². The molecule has 1 nitrogen and oxygen atoms in total. The number of aliphatic imine (C=N–C) groups is 1. The second-order valence-electron chi connectivity index (χ2n) is 2.41. The van der Waals surface area contributed by atoms with Gasteiger partial charge in [-0.15, -0.1) is 0 Å². The van der Waals surface area contributed by atoms with Crippen LogP contribution in [0.15, 0.2) is 15.6 Å². The molecular formula is C7H10BrN. The molecule has 9 heavy (non-hydrogen) atoms. The molecule has 0 radical (unpaired) electrons. The monoisotopic (exact) mass is 187 g/mol. The van der Waals surface area contributed by atoms with Crippen LogP contribution in [0.2, 0.25) is 0 Å². The van der Waals surface area contributed by atoms with Gasteiger partial charge < -0.3 is 0 Å². The number of nitrogens with zero attached hydrogens (tertiary/aromatic N) is 1. The van der Waals surface area contributed by atoms with Crippen LogP contribution < -0.4 is 0 Å². The number of hydrogen-bond donors (Lipinski definition) is 0. The first-order valence-electron chi connectivity index (χ1n) is 3.09. The SMILES string of the molecule is CC1=NC(C)CC(Br)=C1. The van der Waals surface area contributed by atoms with Crippen molar-refractivity contribution in [2.24, 2.45) is 4.99 Å². The third-order valence-electron chi connectivity index (χ3n) is 1.28. The summed E-state index contributed by atoms with van der Waals surface area (Å²) in [5, 5.41) is 0. The summed E-state index contributed by atoms with van der Waals surface area (Å²) in [7, 11) is 0. The van der Waals surface area contributed by atoms with E-state index in [1.165, 1.54) is 4.48 Å². The Morgan fingerprint density at radius 1 is 1.78 bits per heavy atom. The Bertz CT molecular complexity index is 170. The first-order valence-corrected chi connectivity index (χ1v) is 3.88. The smallest absolute Gasteiger partial charge is 0.0520 e. The second kappa shape index (κ2) is 2.65. The number of rotatable bonds is 0. The van der Waals surface area contributed by atoms with Gasteiger partial charge in [-0.25, -0.2) is 0 Å². The molecule has 0 bridgehead atoms. The zero-order valence-electron chi connectivity index (χ0n) is 5.69. The zero-order valence-corrected chi connectivity index (χ0v) is 7.27. The molecule has 1 unspecified atom stereocenters. The Kier molecular flexibility index (Phi) is 2.06. The van der Waals surface area contributed by atoms with E-state index < -0.39 is 0 Å². The van der Waals surface area contributed by atoms with Crippen molar-refractivity contribution in [2.45, 2.75) is 26.3 Å². The highest BCUT2D eigenvalue weighted by atomic mass is 79.9. The van der Waals surface area contributed by atoms with Gasteiger partial charge >= 0.3 is 0 Å². The van der Waals surface area contributed by atoms with Crippen molar-refractivity contribution in [1.82, 2.24) is 0 Å². The van der Waals surface area contributed by atoms with Gasteiger partial charge in [-0.3, -0.25) is 4.99 Å². The number of allylic oxidation sites excluding steroid dienone is 1. The molecule has 0 aromatic rings. The summed E-state index contributed by atoms with van der Waals surface area (Å²) in [6.07, 6.45) is 3.12. The van der Waals surface area contributed by atoms with Gasteiger partial charge in [-0.05, 0) is 24.4 Å². The summed E-state index contributed by atoms with van der Waals surface area (Å²) in [4.78, 5) is 4.34. The Morgan fingerprint density at radius 3 is 2.89 bits per heavy atom. The molecular weight excluding hydrogens is 178 g/mol. The molecule has 1 heterocycles. The maximum absolute atomic E-state index is 4.34. The van der Waals surface area contributed by atoms with E-state index in [1.807, 2.05) is 6.92 Å². The van der Waals surface area contributed by atoms with Crippen molar-refractivity contribution >= 4 is 21.6 Å². The fourth-order valence-corrected chi connectivity index (χ4v) is 1.80. The largest absolute Gasteiger partial charge is 0.287 e. The van der Waals surface area contributed by atoms with Crippen LogP contribution in [0.3, 0.4) is 0 Å². The lowest BCUT2D eigenvalue weighted by molar-refractivity contribution is 0.747. The van der Waals surface area contributed by atoms with E-state index >= 15 is 0 Å². The van der Waals surface area contributed by atoms with Gasteiger partial charge in [-0.1, -0.05) is 15.9 Å². The van der Waals surface area contributed by atoms with Gasteiger partial charge in [0, 0.05) is 12.1 Å². The first kappa shape index (κ1) is 7.00. The van der Waals surface area contributed by atoms with Gasteiger partial charge in [-0.2, -0.15) is 0 Å². The van der Waals surface area contributed by atoms with Crippen LogP contribution in [0.25, 0.3) is 0 Å². The third-order valence-corrected chi connectivity index (χ3v) is 1.83. The van der Waals surface area contributed by atoms with Crippen LogP contribution in [0.5, 0.6) is 0 Å². The number of hydrogen-bond acceptors (Lipinski definition) is 1. The zero-order chi connectivity index (χ0) is 6.85. The Labute approximate surface area is 64.0 Å². The standard InChI is InChI=1S/C7H10BrN/c1-5-3-7(8)4-6(2)9-5/h3,6H,4H2,1-2H3. The highest BCUT2D eigenvalue weighted by Gasteiger charge is 2.06. The van der Waals surface area contributed by atoms with Crippen LogP contribution >= 0.6 is 15.9 Å². The summed E-state index contributed by atoms with van der Waals surface area (Å²) < 4.78 is 1.27. The molecule has 0 aromatic heterocycles. The highest BCUT2D eigenvalue weighted by molar-refractivity contribution is 9.11. The summed E-state index contributed by atoms with van der Waals surface area (Å²) in [6, 6.07) is 0.462. The van der Waals surface area contributed by atoms with Crippen LogP contribution in [0.1, 0.15) is 20.3 Å². The maximum atomic E-state index is 4.34. The topological polar surface area (TPSA) is 12.4 Å². The second-order valence-corrected chi connectivity index (χ2v) is 3.43. The molecule has 0 saturated carbocycles. The van der Waals surface area contributed by atoms with Crippen LogP contribution in [0.4, 0.5) is 0 Å². The minimum atomic E-state index is 0.462. The third kappa shape index (κ3) is 1.94. The van der Waals surface area contributed by atoms with Crippen molar-refractivity contribution in [2.75, 3.05) is 0 Å². The van der Waals surface area contributed by atoms with E-state index in [0.717, 1.165) is 12.1 Å². The van der Waals surface area contributed by atoms with E-state index in [1.54, 1.807) is 0 Å². The van der Waals surface area contributed by atoms with E-state index in [4.69, 9.17) is 0 Å². The average molecular weight is 188 g/mol. The number of dihydropyridines is 1. The quantitative estimate of drug-likeness (QED) is 0.553. The lowest BCUT2D eigenvalue weighted by atomic mass is 10.1. The molecule has 0 fully saturated rings. The molecule has 0 aliphatic carbocycles. The highest BCUT2D eigenvalue weighted by Crippen LogP contribution is 2.19. The summed E-state index contributed by atoms with van der Waals surface area (Å²) >= 11 is 3.45. The molecule has 1 atom stereocenters. The molecule has 0 saturated heterocycles. The lowest BCUT2D eigenvalue weighted by Crippen LogP contribution is -2.06. The average Bonchev–Trinajstić information content (AvgIpc) is 1.59. The van der Waals surface area contributed by atoms with Crippen molar-refractivity contribution in [3.63, 3.8) is 0 Å². The van der Waals surface area contributed by atoms with Gasteiger partial charge in [0.15, 0.2) is 0 Å². The lowest BCUT2D eigenvalue weighted by Gasteiger charge is -2.11. The van der Waals surface area contributed by atoms with E-state index in [2.05, 4.69) is 33.9 Å². The number of halogens is 1. The van der Waals surface area contributed by atoms with Crippen molar-refractivity contribution in [3.8, 4) is 0 Å². The molecule has 1 aliphatic heterocycles. The Balaban J connectivity index is 2.74. The molecule has 0 spiro atoms.